The van der Waals surface area contributed by atoms with Crippen LogP contribution in [-0.2, 0) is 30.6 Å². The van der Waals surface area contributed by atoms with Gasteiger partial charge in [-0.15, -0.1) is 0 Å². The highest BCUT2D eigenvalue weighted by Crippen LogP contribution is 2.46. The number of rotatable bonds is 7. The third kappa shape index (κ3) is 7.95. The minimum atomic E-state index is -4.59. The van der Waals surface area contributed by atoms with Gasteiger partial charge in [-0.05, 0) is 74.9 Å². The first-order chi connectivity index (χ1) is 24.7. The molecule has 3 N–H and O–H groups in total. The van der Waals surface area contributed by atoms with Gasteiger partial charge < -0.3 is 20.3 Å². The number of benzene rings is 2. The van der Waals surface area contributed by atoms with Gasteiger partial charge in [-0.2, -0.15) is 13.2 Å². The number of aromatic nitrogens is 1. The van der Waals surface area contributed by atoms with E-state index in [9.17, 15) is 36.0 Å². The second-order valence-corrected chi connectivity index (χ2v) is 17.7. The maximum atomic E-state index is 14.5. The minimum Gasteiger partial charge on any atom is -0.465 e. The molecule has 52 heavy (non-hydrogen) atoms. The summed E-state index contributed by atoms with van der Waals surface area (Å²) in [6.45, 7) is -0.0318. The van der Waals surface area contributed by atoms with Crippen LogP contribution >= 0.6 is 27.3 Å². The van der Waals surface area contributed by atoms with Crippen molar-refractivity contribution in [3.05, 3.63) is 64.7 Å². The van der Waals surface area contributed by atoms with Crippen molar-refractivity contribution in [2.75, 3.05) is 11.9 Å². The molecule has 0 spiro atoms. The average molecular weight is 825 g/mol. The molecular formula is C35H37BrF3N5O6S2. The Bertz CT molecular complexity index is 2020. The van der Waals surface area contributed by atoms with Gasteiger partial charge in [0.2, 0.25) is 21.8 Å². The average Bonchev–Trinajstić information content (AvgIpc) is 3.98. The number of carbonyl (C=O) groups excluding carboxylic acids is 3. The number of nitrogens with one attached hydrogen (secondary N) is 3. The van der Waals surface area contributed by atoms with E-state index in [1.54, 1.807) is 0 Å². The van der Waals surface area contributed by atoms with Gasteiger partial charge in [0.1, 0.15) is 23.7 Å². The van der Waals surface area contributed by atoms with Crippen LogP contribution in [0, 0.1) is 5.92 Å². The SMILES string of the molecule is O=C1N[C@]2(C(=O)NS(=O)(=O)C3CC3)C[C@H]2/C=C\CCCCC[C@H](Nc2cccc(C(F)(F)F)c2)C(=O)N2C[C@H](Oc3nc4ccc(Br)cc4s3)C[C@@H]12. The molecule has 5 atom stereocenters. The molecule has 0 bridgehead atoms. The lowest BCUT2D eigenvalue weighted by molar-refractivity contribution is -0.140. The van der Waals surface area contributed by atoms with Crippen LogP contribution in [0.15, 0.2) is 59.1 Å². The molecule has 3 aromatic rings. The zero-order valence-electron chi connectivity index (χ0n) is 27.8. The predicted octanol–water partition coefficient (Wildman–Crippen LogP) is 5.91. The van der Waals surface area contributed by atoms with Gasteiger partial charge >= 0.3 is 6.18 Å². The summed E-state index contributed by atoms with van der Waals surface area (Å²) in [4.78, 5) is 48.3. The van der Waals surface area contributed by atoms with E-state index in [1.807, 2.05) is 30.4 Å². The molecule has 1 aromatic heterocycles. The Morgan fingerprint density at radius 1 is 1.10 bits per heavy atom. The third-order valence-electron chi connectivity index (χ3n) is 9.97. The summed E-state index contributed by atoms with van der Waals surface area (Å²) in [5.74, 6) is -2.44. The summed E-state index contributed by atoms with van der Waals surface area (Å²) in [5, 5.41) is 5.53. The van der Waals surface area contributed by atoms with Crippen LogP contribution in [0.3, 0.4) is 0 Å². The van der Waals surface area contributed by atoms with Gasteiger partial charge in [0.05, 0.1) is 27.6 Å². The number of alkyl halides is 3. The molecular weight excluding hydrogens is 787 g/mol. The largest absolute Gasteiger partial charge is 0.465 e. The van der Waals surface area contributed by atoms with Gasteiger partial charge in [0.15, 0.2) is 0 Å². The summed E-state index contributed by atoms with van der Waals surface area (Å²) >= 11 is 4.75. The lowest BCUT2D eigenvalue weighted by atomic mass is 10.0. The number of sulfonamides is 1. The van der Waals surface area contributed by atoms with Crippen molar-refractivity contribution in [3.8, 4) is 5.19 Å². The van der Waals surface area contributed by atoms with Crippen molar-refractivity contribution >= 4 is 70.9 Å². The fourth-order valence-corrected chi connectivity index (χ4v) is 9.70. The first-order valence-corrected chi connectivity index (χ1v) is 20.4. The summed E-state index contributed by atoms with van der Waals surface area (Å²) in [5.41, 5.74) is -1.58. The summed E-state index contributed by atoms with van der Waals surface area (Å²) in [6, 6.07) is 8.09. The van der Waals surface area contributed by atoms with Crippen LogP contribution in [0.2, 0.25) is 0 Å². The van der Waals surface area contributed by atoms with E-state index in [0.717, 1.165) is 27.7 Å². The number of hydrogen-bond donors (Lipinski definition) is 3. The molecule has 3 fully saturated rings. The lowest BCUT2D eigenvalue weighted by Gasteiger charge is -2.30. The van der Waals surface area contributed by atoms with Crippen molar-refractivity contribution in [1.82, 2.24) is 19.9 Å². The van der Waals surface area contributed by atoms with Crippen LogP contribution in [0.25, 0.3) is 10.2 Å². The second kappa shape index (κ2) is 14.3. The normalized spacial score (nSPS) is 27.8. The number of anilines is 1. The van der Waals surface area contributed by atoms with E-state index in [0.29, 0.717) is 42.8 Å². The number of amides is 3. The van der Waals surface area contributed by atoms with Crippen LogP contribution in [0.1, 0.15) is 63.4 Å². The standard InChI is InChI=1S/C35H37BrF3N5O6S2/c36-22-11-14-26-29(16-22)51-33(41-26)50-24-17-28-30(45)42-34(32(47)43-52(48,49)25-12-13-25)18-21(34)7-4-2-1-3-5-10-27(31(46)44(28)19-24)40-23-9-6-8-20(15-23)35(37,38)39/h4,6-9,11,14-16,21,24-25,27-28,40H,1-3,5,10,12-13,17-19H2,(H,42,45)(H,43,47)/b7-4-/t21-,24-,27+,28+,34-/m1/s1. The second-order valence-electron chi connectivity index (χ2n) is 13.9. The molecule has 3 amide bonds. The molecule has 2 aliphatic heterocycles. The highest BCUT2D eigenvalue weighted by atomic mass is 79.9. The first kappa shape index (κ1) is 36.6. The van der Waals surface area contributed by atoms with Crippen LogP contribution < -0.4 is 20.1 Å². The molecule has 0 radical (unpaired) electrons. The molecule has 0 unspecified atom stereocenters. The van der Waals surface area contributed by atoms with Gasteiger partial charge in [0.25, 0.3) is 11.1 Å². The van der Waals surface area contributed by atoms with Crippen molar-refractivity contribution in [2.45, 2.75) is 92.9 Å². The highest BCUT2D eigenvalue weighted by molar-refractivity contribution is 9.10. The number of ether oxygens (including phenoxy) is 1. The number of allylic oxidation sites excluding steroid dienone is 1. The molecule has 7 rings (SSSR count). The van der Waals surface area contributed by atoms with E-state index in [4.69, 9.17) is 4.74 Å². The molecule has 278 valence electrons. The van der Waals surface area contributed by atoms with Crippen LogP contribution in [-0.4, -0.2) is 71.5 Å². The number of hydrogen-bond acceptors (Lipinski definition) is 9. The molecule has 1 saturated heterocycles. The molecule has 2 saturated carbocycles. The Labute approximate surface area is 310 Å². The minimum absolute atomic E-state index is 0.0318. The Balaban J connectivity index is 1.19. The summed E-state index contributed by atoms with van der Waals surface area (Å²) < 4.78 is 76.4. The smallest absolute Gasteiger partial charge is 0.416 e. The Morgan fingerprint density at radius 2 is 1.90 bits per heavy atom. The number of nitrogens with zero attached hydrogens (tertiary/aromatic N) is 2. The monoisotopic (exact) mass is 823 g/mol. The van der Waals surface area contributed by atoms with Crippen molar-refractivity contribution in [1.29, 1.82) is 0 Å². The molecule has 2 aromatic carbocycles. The quantitative estimate of drug-likeness (QED) is 0.250. The Morgan fingerprint density at radius 3 is 2.67 bits per heavy atom. The molecule has 2 aliphatic carbocycles. The third-order valence-corrected chi connectivity index (χ3v) is 13.2. The van der Waals surface area contributed by atoms with E-state index in [1.165, 1.54) is 28.4 Å². The maximum Gasteiger partial charge on any atom is 0.416 e. The van der Waals surface area contributed by atoms with Crippen LogP contribution in [0.5, 0.6) is 5.19 Å². The predicted molar refractivity (Wildman–Crippen MR) is 192 cm³/mol. The maximum absolute atomic E-state index is 14.5. The fourth-order valence-electron chi connectivity index (χ4n) is 6.90. The van der Waals surface area contributed by atoms with Crippen molar-refractivity contribution < 1.29 is 40.7 Å². The van der Waals surface area contributed by atoms with Crippen molar-refractivity contribution in [2.24, 2.45) is 5.92 Å². The van der Waals surface area contributed by atoms with E-state index >= 15 is 0 Å². The lowest BCUT2D eigenvalue weighted by Crippen LogP contribution is -2.57. The van der Waals surface area contributed by atoms with Crippen molar-refractivity contribution in [3.63, 3.8) is 0 Å². The summed E-state index contributed by atoms with van der Waals surface area (Å²) in [6.07, 6.45) is 2.57. The Hall–Kier alpha value is -3.70. The van der Waals surface area contributed by atoms with Crippen LogP contribution in [0.4, 0.5) is 18.9 Å². The number of halogens is 4. The number of thiazole rings is 1. The Kier molecular flexibility index (Phi) is 10.1. The highest BCUT2D eigenvalue weighted by Gasteiger charge is 2.62. The fraction of sp³-hybridized carbons (Fsp3) is 0.486. The zero-order valence-corrected chi connectivity index (χ0v) is 31.0. The van der Waals surface area contributed by atoms with Gasteiger partial charge in [-0.1, -0.05) is 58.3 Å². The first-order valence-electron chi connectivity index (χ1n) is 17.2. The van der Waals surface area contributed by atoms with Gasteiger partial charge in [-0.25, -0.2) is 13.4 Å². The topological polar surface area (TPSA) is 147 Å². The van der Waals surface area contributed by atoms with E-state index in [2.05, 4.69) is 36.3 Å². The van der Waals surface area contributed by atoms with E-state index in [-0.39, 0.29) is 31.5 Å². The molecule has 17 heteroatoms. The molecule has 11 nitrogen and oxygen atoms in total. The summed E-state index contributed by atoms with van der Waals surface area (Å²) in [7, 11) is -3.91. The zero-order chi connectivity index (χ0) is 36.8. The van der Waals surface area contributed by atoms with Gasteiger partial charge in [0, 0.05) is 22.5 Å². The number of carbonyl (C=O) groups is 3. The van der Waals surface area contributed by atoms with Gasteiger partial charge in [-0.3, -0.25) is 19.1 Å². The number of fused-ring (bicyclic) bond motifs is 3. The molecule has 3 heterocycles. The van der Waals surface area contributed by atoms with E-state index < -0.39 is 74.4 Å². The molecule has 4 aliphatic rings.